The molecule has 0 bridgehead atoms. The normalized spacial score (nSPS) is 14.8. The summed E-state index contributed by atoms with van der Waals surface area (Å²) in [4.78, 5) is 27.2. The van der Waals surface area contributed by atoms with Crippen LogP contribution in [0.2, 0.25) is 0 Å². The third-order valence-corrected chi connectivity index (χ3v) is 7.25. The maximum absolute atomic E-state index is 12.9. The Kier molecular flexibility index (Phi) is 8.27. The van der Waals surface area contributed by atoms with Gasteiger partial charge in [-0.1, -0.05) is 58.4 Å². The molecule has 4 nitrogen and oxygen atoms in total. The second-order valence-electron chi connectivity index (χ2n) is 7.52. The van der Waals surface area contributed by atoms with Gasteiger partial charge in [-0.25, -0.2) is 0 Å². The minimum atomic E-state index is -0.248. The van der Waals surface area contributed by atoms with Crippen molar-refractivity contribution >= 4 is 67.5 Å². The molecule has 0 N–H and O–H groups in total. The maximum Gasteiger partial charge on any atom is 0.293 e. The highest BCUT2D eigenvalue weighted by molar-refractivity contribution is 14.1. The van der Waals surface area contributed by atoms with Crippen molar-refractivity contribution in [1.29, 1.82) is 0 Å². The number of rotatable bonds is 8. The van der Waals surface area contributed by atoms with E-state index >= 15 is 0 Å². The number of benzene rings is 3. The van der Waals surface area contributed by atoms with E-state index in [0.29, 0.717) is 23.8 Å². The van der Waals surface area contributed by atoms with Crippen molar-refractivity contribution in [2.75, 3.05) is 6.54 Å². The summed E-state index contributed by atoms with van der Waals surface area (Å²) in [5.74, 6) is 0.411. The monoisotopic (exact) mass is 633 g/mol. The van der Waals surface area contributed by atoms with Gasteiger partial charge in [-0.05, 0) is 94.7 Å². The topological polar surface area (TPSA) is 46.6 Å². The molecule has 0 aliphatic carbocycles. The van der Waals surface area contributed by atoms with Gasteiger partial charge in [-0.2, -0.15) is 0 Å². The smallest absolute Gasteiger partial charge is 0.293 e. The van der Waals surface area contributed by atoms with E-state index in [9.17, 15) is 9.59 Å². The van der Waals surface area contributed by atoms with Crippen LogP contribution in [0, 0.1) is 3.57 Å². The second-order valence-corrected chi connectivity index (χ2v) is 10.7. The minimum Gasteiger partial charge on any atom is -0.488 e. The molecule has 2 amide bonds. The first-order valence-electron chi connectivity index (χ1n) is 10.5. The summed E-state index contributed by atoms with van der Waals surface area (Å²) in [6.45, 7) is 0.825. The Bertz CT molecular complexity index is 1180. The second kappa shape index (κ2) is 11.4. The number of ether oxygens (including phenoxy) is 1. The van der Waals surface area contributed by atoms with Crippen LogP contribution in [0.4, 0.5) is 4.79 Å². The standard InChI is InChI=1S/C26H21BrINO3S/c27-21-10-13-23(32-17-19-8-11-22(28)12-9-19)20(15-21)16-24-25(30)29(26(31)33-24)14-4-7-18-5-2-1-3-6-18/h1-3,5-6,8-13,15-16H,4,7,14,17H2/b24-16+. The number of thioether (sulfide) groups is 1. The minimum absolute atomic E-state index is 0.226. The lowest BCUT2D eigenvalue weighted by molar-refractivity contribution is -0.122. The summed E-state index contributed by atoms with van der Waals surface area (Å²) < 4.78 is 8.08. The number of aryl methyl sites for hydroxylation is 1. The van der Waals surface area contributed by atoms with Crippen LogP contribution in [0.15, 0.2) is 82.2 Å². The van der Waals surface area contributed by atoms with Gasteiger partial charge in [-0.3, -0.25) is 14.5 Å². The van der Waals surface area contributed by atoms with Gasteiger partial charge in [0.15, 0.2) is 0 Å². The van der Waals surface area contributed by atoms with Gasteiger partial charge >= 0.3 is 0 Å². The van der Waals surface area contributed by atoms with Crippen molar-refractivity contribution in [1.82, 2.24) is 4.90 Å². The molecule has 1 aliphatic heterocycles. The maximum atomic E-state index is 12.9. The number of amides is 2. The summed E-state index contributed by atoms with van der Waals surface area (Å²) >= 11 is 6.74. The van der Waals surface area contributed by atoms with E-state index in [-0.39, 0.29) is 11.1 Å². The zero-order chi connectivity index (χ0) is 23.2. The largest absolute Gasteiger partial charge is 0.488 e. The van der Waals surface area contributed by atoms with Crippen molar-refractivity contribution in [2.45, 2.75) is 19.4 Å². The van der Waals surface area contributed by atoms with E-state index in [1.165, 1.54) is 14.0 Å². The van der Waals surface area contributed by atoms with Gasteiger partial charge < -0.3 is 4.74 Å². The summed E-state index contributed by atoms with van der Waals surface area (Å²) in [6, 6.07) is 23.9. The molecular weight excluding hydrogens is 613 g/mol. The number of carbonyl (C=O) groups is 2. The van der Waals surface area contributed by atoms with Crippen molar-refractivity contribution in [3.8, 4) is 5.75 Å². The lowest BCUT2D eigenvalue weighted by Crippen LogP contribution is -2.29. The van der Waals surface area contributed by atoms with Crippen LogP contribution in [-0.2, 0) is 17.8 Å². The quantitative estimate of drug-likeness (QED) is 0.193. The molecule has 168 valence electrons. The van der Waals surface area contributed by atoms with Crippen molar-refractivity contribution in [3.63, 3.8) is 0 Å². The van der Waals surface area contributed by atoms with Crippen LogP contribution in [0.25, 0.3) is 6.08 Å². The van der Waals surface area contributed by atoms with Gasteiger partial charge in [0.1, 0.15) is 12.4 Å². The van der Waals surface area contributed by atoms with Gasteiger partial charge in [0.05, 0.1) is 4.91 Å². The van der Waals surface area contributed by atoms with Crippen molar-refractivity contribution < 1.29 is 14.3 Å². The lowest BCUT2D eigenvalue weighted by atomic mass is 10.1. The Balaban J connectivity index is 1.45. The predicted octanol–water partition coefficient (Wildman–Crippen LogP) is 7.30. The van der Waals surface area contributed by atoms with Crippen molar-refractivity contribution in [2.24, 2.45) is 0 Å². The molecule has 7 heteroatoms. The first-order valence-corrected chi connectivity index (χ1v) is 13.1. The predicted molar refractivity (Wildman–Crippen MR) is 145 cm³/mol. The Morgan fingerprint density at radius 2 is 1.73 bits per heavy atom. The van der Waals surface area contributed by atoms with E-state index in [0.717, 1.165) is 40.2 Å². The Morgan fingerprint density at radius 1 is 0.970 bits per heavy atom. The number of nitrogens with zero attached hydrogens (tertiary/aromatic N) is 1. The Labute approximate surface area is 219 Å². The number of imide groups is 1. The molecule has 1 fully saturated rings. The third-order valence-electron chi connectivity index (χ3n) is 5.13. The fourth-order valence-electron chi connectivity index (χ4n) is 3.43. The first-order chi connectivity index (χ1) is 16.0. The van der Waals surface area contributed by atoms with Crippen molar-refractivity contribution in [3.05, 3.63) is 102 Å². The van der Waals surface area contributed by atoms with Gasteiger partial charge in [0, 0.05) is 20.2 Å². The summed E-state index contributed by atoms with van der Waals surface area (Å²) in [5.41, 5.74) is 3.01. The molecule has 33 heavy (non-hydrogen) atoms. The highest BCUT2D eigenvalue weighted by Gasteiger charge is 2.34. The summed E-state index contributed by atoms with van der Waals surface area (Å²) in [5, 5.41) is -0.226. The Hall–Kier alpha value is -2.10. The van der Waals surface area contributed by atoms with Crippen LogP contribution in [-0.4, -0.2) is 22.6 Å². The average Bonchev–Trinajstić information content (AvgIpc) is 3.08. The number of hydrogen-bond acceptors (Lipinski definition) is 4. The van der Waals surface area contributed by atoms with Gasteiger partial charge in [0.25, 0.3) is 11.1 Å². The van der Waals surface area contributed by atoms with E-state index in [4.69, 9.17) is 4.74 Å². The zero-order valence-electron chi connectivity index (χ0n) is 17.7. The van der Waals surface area contributed by atoms with Gasteiger partial charge in [-0.15, -0.1) is 0 Å². The fraction of sp³-hybridized carbons (Fsp3) is 0.154. The van der Waals surface area contributed by atoms with E-state index < -0.39 is 0 Å². The molecule has 0 aromatic heterocycles. The van der Waals surface area contributed by atoms with Crippen LogP contribution in [0.5, 0.6) is 5.75 Å². The molecule has 0 unspecified atom stereocenters. The van der Waals surface area contributed by atoms with Crippen LogP contribution in [0.1, 0.15) is 23.1 Å². The molecule has 1 heterocycles. The van der Waals surface area contributed by atoms with E-state index in [2.05, 4.69) is 50.7 Å². The van der Waals surface area contributed by atoms with Crippen LogP contribution in [0.3, 0.4) is 0 Å². The summed E-state index contributed by atoms with van der Waals surface area (Å²) in [7, 11) is 0. The first kappa shape index (κ1) is 24.0. The molecule has 0 spiro atoms. The lowest BCUT2D eigenvalue weighted by Gasteiger charge is -2.12. The fourth-order valence-corrected chi connectivity index (χ4v) is 5.02. The number of halogens is 2. The molecule has 3 aromatic rings. The van der Waals surface area contributed by atoms with E-state index in [1.54, 1.807) is 6.08 Å². The van der Waals surface area contributed by atoms with Crippen LogP contribution < -0.4 is 4.74 Å². The molecule has 1 saturated heterocycles. The molecule has 0 saturated carbocycles. The zero-order valence-corrected chi connectivity index (χ0v) is 22.2. The average molecular weight is 634 g/mol. The summed E-state index contributed by atoms with van der Waals surface area (Å²) in [6.07, 6.45) is 3.30. The highest BCUT2D eigenvalue weighted by Crippen LogP contribution is 2.35. The van der Waals surface area contributed by atoms with Crippen LogP contribution >= 0.6 is 50.3 Å². The number of hydrogen-bond donors (Lipinski definition) is 0. The molecule has 4 rings (SSSR count). The van der Waals surface area contributed by atoms with E-state index in [1.807, 2.05) is 60.7 Å². The molecule has 3 aromatic carbocycles. The molecule has 0 atom stereocenters. The SMILES string of the molecule is O=C1S/C(=C/c2cc(Br)ccc2OCc2ccc(I)cc2)C(=O)N1CCCc1ccccc1. The number of carbonyl (C=O) groups excluding carboxylic acids is 2. The molecule has 0 radical (unpaired) electrons. The van der Waals surface area contributed by atoms with Gasteiger partial charge in [0.2, 0.25) is 0 Å². The Morgan fingerprint density at radius 3 is 2.48 bits per heavy atom. The molecule has 1 aliphatic rings. The molecular formula is C26H21BrINO3S. The highest BCUT2D eigenvalue weighted by atomic mass is 127. The third kappa shape index (κ3) is 6.49.